The summed E-state index contributed by atoms with van der Waals surface area (Å²) in [5.74, 6) is -1.88. The van der Waals surface area contributed by atoms with E-state index >= 15 is 0 Å². The molecule has 1 heterocycles. The van der Waals surface area contributed by atoms with Crippen LogP contribution in [-0.2, 0) is 14.8 Å². The van der Waals surface area contributed by atoms with E-state index in [4.69, 9.17) is 0 Å². The molecule has 1 saturated heterocycles. The Morgan fingerprint density at radius 3 is 2.50 bits per heavy atom. The van der Waals surface area contributed by atoms with Crippen molar-refractivity contribution in [2.45, 2.75) is 17.7 Å². The number of amides is 1. The average molecular weight is 380 g/mol. The molecule has 0 aromatic heterocycles. The monoisotopic (exact) mass is 380 g/mol. The lowest BCUT2D eigenvalue weighted by atomic mass is 9.99. The van der Waals surface area contributed by atoms with E-state index in [1.165, 1.54) is 34.6 Å². The van der Waals surface area contributed by atoms with Gasteiger partial charge in [-0.15, -0.1) is 0 Å². The number of nitrogens with zero attached hydrogens (tertiary/aromatic N) is 1. The first-order chi connectivity index (χ1) is 12.4. The first kappa shape index (κ1) is 18.5. The number of benzene rings is 2. The van der Waals surface area contributed by atoms with Crippen molar-refractivity contribution in [1.29, 1.82) is 0 Å². The standard InChI is InChI=1S/C18H18F2N2O3S/c19-14-6-8-17(9-7-14)26(24,25)22-10-2-3-13(12-22)18(23)21-16-5-1-4-15(20)11-16/h1,4-9,11,13H,2-3,10,12H2,(H,21,23)/t13-/m0/s1. The SMILES string of the molecule is O=C(Nc1cccc(F)c1)[C@H]1CCCN(S(=O)(=O)c2ccc(F)cc2)C1. The highest BCUT2D eigenvalue weighted by Crippen LogP contribution is 2.25. The van der Waals surface area contributed by atoms with Gasteiger partial charge < -0.3 is 5.32 Å². The Morgan fingerprint density at radius 2 is 1.81 bits per heavy atom. The normalized spacial score (nSPS) is 18.5. The smallest absolute Gasteiger partial charge is 0.243 e. The van der Waals surface area contributed by atoms with Crippen LogP contribution in [-0.4, -0.2) is 31.7 Å². The predicted octanol–water partition coefficient (Wildman–Crippen LogP) is 3.00. The molecule has 1 atom stereocenters. The van der Waals surface area contributed by atoms with Gasteiger partial charge in [-0.1, -0.05) is 6.07 Å². The Hall–Kier alpha value is -2.32. The summed E-state index contributed by atoms with van der Waals surface area (Å²) in [5, 5.41) is 2.62. The molecule has 2 aromatic rings. The molecule has 1 amide bonds. The largest absolute Gasteiger partial charge is 0.326 e. The number of carbonyl (C=O) groups is 1. The predicted molar refractivity (Wildman–Crippen MR) is 92.9 cm³/mol. The van der Waals surface area contributed by atoms with Gasteiger partial charge in [0.15, 0.2) is 0 Å². The highest BCUT2D eigenvalue weighted by molar-refractivity contribution is 7.89. The molecule has 0 bridgehead atoms. The van der Waals surface area contributed by atoms with Gasteiger partial charge in [0.2, 0.25) is 15.9 Å². The first-order valence-electron chi connectivity index (χ1n) is 8.18. The minimum absolute atomic E-state index is 0.00918. The second-order valence-electron chi connectivity index (χ2n) is 6.16. The topological polar surface area (TPSA) is 66.5 Å². The van der Waals surface area contributed by atoms with Crippen LogP contribution < -0.4 is 5.32 Å². The summed E-state index contributed by atoms with van der Waals surface area (Å²) >= 11 is 0. The highest BCUT2D eigenvalue weighted by atomic mass is 32.2. The summed E-state index contributed by atoms with van der Waals surface area (Å²) in [7, 11) is -3.80. The van der Waals surface area contributed by atoms with Crippen molar-refractivity contribution in [2.75, 3.05) is 18.4 Å². The third kappa shape index (κ3) is 4.08. The number of rotatable bonds is 4. The first-order valence-corrected chi connectivity index (χ1v) is 9.62. The van der Waals surface area contributed by atoms with Crippen LogP contribution in [0.1, 0.15) is 12.8 Å². The van der Waals surface area contributed by atoms with E-state index in [1.54, 1.807) is 6.07 Å². The number of hydrogen-bond acceptors (Lipinski definition) is 3. The van der Waals surface area contributed by atoms with Crippen molar-refractivity contribution >= 4 is 21.6 Å². The summed E-state index contributed by atoms with van der Waals surface area (Å²) in [6, 6.07) is 10.1. The molecular formula is C18H18F2N2O3S. The van der Waals surface area contributed by atoms with E-state index in [2.05, 4.69) is 5.32 Å². The van der Waals surface area contributed by atoms with Crippen LogP contribution in [0.2, 0.25) is 0 Å². The van der Waals surface area contributed by atoms with E-state index in [0.29, 0.717) is 25.1 Å². The molecule has 0 saturated carbocycles. The van der Waals surface area contributed by atoms with E-state index in [-0.39, 0.29) is 17.3 Å². The molecule has 0 spiro atoms. The van der Waals surface area contributed by atoms with Gasteiger partial charge in [0.25, 0.3) is 0 Å². The van der Waals surface area contributed by atoms with E-state index in [0.717, 1.165) is 12.1 Å². The van der Waals surface area contributed by atoms with Crippen molar-refractivity contribution < 1.29 is 22.0 Å². The van der Waals surface area contributed by atoms with Crippen molar-refractivity contribution in [3.63, 3.8) is 0 Å². The molecule has 1 N–H and O–H groups in total. The minimum Gasteiger partial charge on any atom is -0.326 e. The zero-order chi connectivity index (χ0) is 18.7. The molecule has 0 aliphatic carbocycles. The summed E-state index contributed by atoms with van der Waals surface area (Å²) in [6.07, 6.45) is 1.07. The Morgan fingerprint density at radius 1 is 1.08 bits per heavy atom. The summed E-state index contributed by atoms with van der Waals surface area (Å²) in [4.78, 5) is 12.4. The van der Waals surface area contributed by atoms with Crippen LogP contribution in [0.5, 0.6) is 0 Å². The van der Waals surface area contributed by atoms with Crippen LogP contribution in [0.3, 0.4) is 0 Å². The Labute approximate surface area is 150 Å². The fourth-order valence-corrected chi connectivity index (χ4v) is 4.46. The summed E-state index contributed by atoms with van der Waals surface area (Å²) in [6.45, 7) is 0.324. The number of piperidine rings is 1. The van der Waals surface area contributed by atoms with Crippen LogP contribution in [0, 0.1) is 17.6 Å². The van der Waals surface area contributed by atoms with E-state index in [9.17, 15) is 22.0 Å². The Balaban J connectivity index is 1.72. The van der Waals surface area contributed by atoms with Crippen molar-refractivity contribution in [3.05, 3.63) is 60.2 Å². The van der Waals surface area contributed by atoms with Gasteiger partial charge in [-0.3, -0.25) is 4.79 Å². The number of halogens is 2. The number of hydrogen-bond donors (Lipinski definition) is 1. The van der Waals surface area contributed by atoms with E-state index < -0.39 is 27.6 Å². The van der Waals surface area contributed by atoms with Gasteiger partial charge in [-0.05, 0) is 55.3 Å². The van der Waals surface area contributed by atoms with Gasteiger partial charge in [0.1, 0.15) is 11.6 Å². The molecule has 3 rings (SSSR count). The Kier molecular flexibility index (Phi) is 5.33. The molecule has 0 radical (unpaired) electrons. The lowest BCUT2D eigenvalue weighted by molar-refractivity contribution is -0.120. The molecule has 138 valence electrons. The lowest BCUT2D eigenvalue weighted by Gasteiger charge is -2.31. The van der Waals surface area contributed by atoms with Crippen molar-refractivity contribution in [2.24, 2.45) is 5.92 Å². The zero-order valence-electron chi connectivity index (χ0n) is 13.9. The average Bonchev–Trinajstić information content (AvgIpc) is 2.62. The summed E-state index contributed by atoms with van der Waals surface area (Å²) < 4.78 is 52.9. The molecule has 0 unspecified atom stereocenters. The fraction of sp³-hybridized carbons (Fsp3) is 0.278. The molecule has 8 heteroatoms. The number of sulfonamides is 1. The third-order valence-corrected chi connectivity index (χ3v) is 6.18. The molecule has 1 aliphatic rings. The van der Waals surface area contributed by atoms with Crippen LogP contribution in [0.15, 0.2) is 53.4 Å². The van der Waals surface area contributed by atoms with Crippen LogP contribution in [0.25, 0.3) is 0 Å². The molecule has 2 aromatic carbocycles. The zero-order valence-corrected chi connectivity index (χ0v) is 14.7. The maximum atomic E-state index is 13.2. The fourth-order valence-electron chi connectivity index (χ4n) is 2.94. The van der Waals surface area contributed by atoms with Crippen LogP contribution in [0.4, 0.5) is 14.5 Å². The molecule has 1 aliphatic heterocycles. The second-order valence-corrected chi connectivity index (χ2v) is 8.09. The molecule has 26 heavy (non-hydrogen) atoms. The Bertz CT molecular complexity index is 901. The lowest BCUT2D eigenvalue weighted by Crippen LogP contribution is -2.43. The van der Waals surface area contributed by atoms with E-state index in [1.807, 2.05) is 0 Å². The van der Waals surface area contributed by atoms with Gasteiger partial charge in [0, 0.05) is 18.8 Å². The quantitative estimate of drug-likeness (QED) is 0.887. The van der Waals surface area contributed by atoms with Crippen molar-refractivity contribution in [1.82, 2.24) is 4.31 Å². The highest BCUT2D eigenvalue weighted by Gasteiger charge is 2.33. The van der Waals surface area contributed by atoms with Crippen molar-refractivity contribution in [3.8, 4) is 0 Å². The summed E-state index contributed by atoms with van der Waals surface area (Å²) in [5.41, 5.74) is 0.327. The van der Waals surface area contributed by atoms with Gasteiger partial charge in [0.05, 0.1) is 10.8 Å². The maximum absolute atomic E-state index is 13.2. The van der Waals surface area contributed by atoms with Gasteiger partial charge in [-0.25, -0.2) is 17.2 Å². The van der Waals surface area contributed by atoms with Crippen LogP contribution >= 0.6 is 0 Å². The third-order valence-electron chi connectivity index (χ3n) is 4.30. The maximum Gasteiger partial charge on any atom is 0.243 e. The number of carbonyl (C=O) groups excluding carboxylic acids is 1. The minimum atomic E-state index is -3.80. The van der Waals surface area contributed by atoms with Gasteiger partial charge in [-0.2, -0.15) is 4.31 Å². The number of nitrogens with one attached hydrogen (secondary N) is 1. The molecule has 1 fully saturated rings. The molecule has 5 nitrogen and oxygen atoms in total. The van der Waals surface area contributed by atoms with Gasteiger partial charge >= 0.3 is 0 Å². The molecular weight excluding hydrogens is 362 g/mol. The number of anilines is 1. The second kappa shape index (κ2) is 7.51.